The summed E-state index contributed by atoms with van der Waals surface area (Å²) in [7, 11) is 4.05. The van der Waals surface area contributed by atoms with Crippen molar-refractivity contribution in [2.24, 2.45) is 5.41 Å². The van der Waals surface area contributed by atoms with Gasteiger partial charge in [0.15, 0.2) is 0 Å². The van der Waals surface area contributed by atoms with Crippen LogP contribution in [-0.4, -0.2) is 43.1 Å². The zero-order valence-corrected chi connectivity index (χ0v) is 12.1. The quantitative estimate of drug-likeness (QED) is 0.866. The molecule has 18 heavy (non-hydrogen) atoms. The van der Waals surface area contributed by atoms with Crippen LogP contribution in [0.25, 0.3) is 0 Å². The first-order valence-corrected chi connectivity index (χ1v) is 6.09. The molecule has 0 saturated carbocycles. The van der Waals surface area contributed by atoms with Gasteiger partial charge in [-0.1, -0.05) is 19.0 Å². The zero-order valence-electron chi connectivity index (χ0n) is 12.1. The number of amides is 1. The molecular formula is C13H23N3O2. The van der Waals surface area contributed by atoms with E-state index in [1.54, 1.807) is 13.8 Å². The van der Waals surface area contributed by atoms with Gasteiger partial charge in [-0.25, -0.2) is 0 Å². The van der Waals surface area contributed by atoms with Gasteiger partial charge < -0.3 is 14.7 Å². The first kappa shape index (κ1) is 14.7. The fourth-order valence-corrected chi connectivity index (χ4v) is 2.13. The topological polar surface area (TPSA) is 58.4 Å². The number of nitrogens with one attached hydrogen (secondary N) is 1. The number of aromatic nitrogens is 1. The van der Waals surface area contributed by atoms with E-state index in [-0.39, 0.29) is 11.3 Å². The number of carbonyl (C=O) groups is 1. The van der Waals surface area contributed by atoms with Gasteiger partial charge in [-0.15, -0.1) is 0 Å². The summed E-state index contributed by atoms with van der Waals surface area (Å²) in [6.07, 6.45) is 0. The summed E-state index contributed by atoms with van der Waals surface area (Å²) in [5, 5.41) is 6.73. The largest absolute Gasteiger partial charge is 0.361 e. The van der Waals surface area contributed by atoms with Crippen LogP contribution in [0.1, 0.15) is 35.7 Å². The Labute approximate surface area is 109 Å². The van der Waals surface area contributed by atoms with Gasteiger partial charge in [0.05, 0.1) is 5.69 Å². The lowest BCUT2D eigenvalue weighted by molar-refractivity contribution is 0.0927. The minimum atomic E-state index is -0.113. The van der Waals surface area contributed by atoms with E-state index in [1.165, 1.54) is 0 Å². The normalized spacial score (nSPS) is 11.9. The molecule has 0 unspecified atom stereocenters. The number of aryl methyl sites for hydroxylation is 2. The van der Waals surface area contributed by atoms with Crippen molar-refractivity contribution in [2.75, 3.05) is 27.2 Å². The third kappa shape index (κ3) is 3.84. The monoisotopic (exact) mass is 253 g/mol. The van der Waals surface area contributed by atoms with Crippen LogP contribution in [0.3, 0.4) is 0 Å². The van der Waals surface area contributed by atoms with Crippen LogP contribution in [0.5, 0.6) is 0 Å². The van der Waals surface area contributed by atoms with Gasteiger partial charge in [0, 0.05) is 13.1 Å². The summed E-state index contributed by atoms with van der Waals surface area (Å²) >= 11 is 0. The van der Waals surface area contributed by atoms with Crippen LogP contribution in [0.4, 0.5) is 0 Å². The lowest BCUT2D eigenvalue weighted by Gasteiger charge is -2.28. The summed E-state index contributed by atoms with van der Waals surface area (Å²) in [6, 6.07) is 0. The van der Waals surface area contributed by atoms with Gasteiger partial charge in [0.1, 0.15) is 11.3 Å². The van der Waals surface area contributed by atoms with Gasteiger partial charge >= 0.3 is 0 Å². The number of hydrogen-bond donors (Lipinski definition) is 1. The molecule has 0 atom stereocenters. The molecule has 0 fully saturated rings. The molecule has 1 heterocycles. The van der Waals surface area contributed by atoms with Crippen LogP contribution in [0.15, 0.2) is 4.52 Å². The third-order valence-corrected chi connectivity index (χ3v) is 2.73. The molecule has 1 rings (SSSR count). The molecule has 0 saturated heterocycles. The van der Waals surface area contributed by atoms with E-state index in [0.29, 0.717) is 23.6 Å². The van der Waals surface area contributed by atoms with Gasteiger partial charge in [0.2, 0.25) is 0 Å². The number of nitrogens with zero attached hydrogens (tertiary/aromatic N) is 2. The average Bonchev–Trinajstić information content (AvgIpc) is 2.53. The first-order valence-electron chi connectivity index (χ1n) is 6.09. The van der Waals surface area contributed by atoms with Crippen LogP contribution in [-0.2, 0) is 0 Å². The summed E-state index contributed by atoms with van der Waals surface area (Å²) in [5.41, 5.74) is 1.21. The third-order valence-electron chi connectivity index (χ3n) is 2.73. The van der Waals surface area contributed by atoms with Crippen molar-refractivity contribution in [1.29, 1.82) is 0 Å². The highest BCUT2D eigenvalue weighted by atomic mass is 16.5. The van der Waals surface area contributed by atoms with Crippen molar-refractivity contribution in [1.82, 2.24) is 15.4 Å². The second kappa shape index (κ2) is 5.52. The Bertz CT molecular complexity index is 402. The van der Waals surface area contributed by atoms with Crippen LogP contribution in [0.2, 0.25) is 0 Å². The molecular weight excluding hydrogens is 230 g/mol. The Balaban J connectivity index is 2.62. The van der Waals surface area contributed by atoms with E-state index in [1.807, 2.05) is 14.1 Å². The summed E-state index contributed by atoms with van der Waals surface area (Å²) < 4.78 is 4.99. The van der Waals surface area contributed by atoms with Gasteiger partial charge in [-0.2, -0.15) is 0 Å². The summed E-state index contributed by atoms with van der Waals surface area (Å²) in [5.74, 6) is 0.452. The Hall–Kier alpha value is -1.36. The second-order valence-electron chi connectivity index (χ2n) is 5.78. The van der Waals surface area contributed by atoms with Gasteiger partial charge in [0.25, 0.3) is 5.91 Å². The number of carbonyl (C=O) groups excluding carboxylic acids is 1. The van der Waals surface area contributed by atoms with E-state index in [0.717, 1.165) is 6.54 Å². The molecule has 1 N–H and O–H groups in total. The predicted molar refractivity (Wildman–Crippen MR) is 70.6 cm³/mol. The molecule has 5 nitrogen and oxygen atoms in total. The molecule has 5 heteroatoms. The average molecular weight is 253 g/mol. The molecule has 0 bridgehead atoms. The Morgan fingerprint density at radius 1 is 1.39 bits per heavy atom. The van der Waals surface area contributed by atoms with E-state index in [9.17, 15) is 4.79 Å². The van der Waals surface area contributed by atoms with Gasteiger partial charge in [-0.3, -0.25) is 4.79 Å². The molecule has 1 aromatic rings. The molecule has 0 aliphatic heterocycles. The highest BCUT2D eigenvalue weighted by Gasteiger charge is 2.22. The first-order chi connectivity index (χ1) is 8.23. The molecule has 0 spiro atoms. The maximum absolute atomic E-state index is 12.1. The summed E-state index contributed by atoms with van der Waals surface area (Å²) in [6.45, 7) is 9.31. The maximum atomic E-state index is 12.1. The highest BCUT2D eigenvalue weighted by Crippen LogP contribution is 2.16. The number of rotatable bonds is 5. The summed E-state index contributed by atoms with van der Waals surface area (Å²) in [4.78, 5) is 14.2. The zero-order chi connectivity index (χ0) is 13.9. The lowest BCUT2D eigenvalue weighted by atomic mass is 9.93. The van der Waals surface area contributed by atoms with E-state index in [4.69, 9.17) is 4.52 Å². The predicted octanol–water partition coefficient (Wildman–Crippen LogP) is 1.61. The van der Waals surface area contributed by atoms with E-state index < -0.39 is 0 Å². The van der Waals surface area contributed by atoms with Crippen molar-refractivity contribution in [3.05, 3.63) is 17.0 Å². The van der Waals surface area contributed by atoms with Crippen molar-refractivity contribution < 1.29 is 9.32 Å². The Morgan fingerprint density at radius 3 is 2.44 bits per heavy atom. The van der Waals surface area contributed by atoms with Crippen molar-refractivity contribution in [2.45, 2.75) is 27.7 Å². The second-order valence-corrected chi connectivity index (χ2v) is 5.78. The van der Waals surface area contributed by atoms with E-state index in [2.05, 4.69) is 29.2 Å². The van der Waals surface area contributed by atoms with Crippen molar-refractivity contribution in [3.63, 3.8) is 0 Å². The smallest absolute Gasteiger partial charge is 0.256 e. The minimum absolute atomic E-state index is 0.0259. The molecule has 102 valence electrons. The van der Waals surface area contributed by atoms with Crippen LogP contribution < -0.4 is 5.32 Å². The fourth-order valence-electron chi connectivity index (χ4n) is 2.13. The molecule has 0 aliphatic rings. The van der Waals surface area contributed by atoms with Crippen LogP contribution in [0, 0.1) is 19.3 Å². The van der Waals surface area contributed by atoms with E-state index >= 15 is 0 Å². The molecule has 0 aromatic carbocycles. The van der Waals surface area contributed by atoms with Crippen LogP contribution >= 0.6 is 0 Å². The minimum Gasteiger partial charge on any atom is -0.361 e. The number of hydrogen-bond acceptors (Lipinski definition) is 4. The fraction of sp³-hybridized carbons (Fsp3) is 0.692. The Morgan fingerprint density at radius 2 is 2.00 bits per heavy atom. The standard InChI is InChI=1S/C13H23N3O2/c1-9-11(10(2)18-15-9)12(17)14-7-13(3,4)8-16(5)6/h7-8H2,1-6H3,(H,14,17). The molecule has 0 aliphatic carbocycles. The lowest BCUT2D eigenvalue weighted by Crippen LogP contribution is -2.40. The van der Waals surface area contributed by atoms with Crippen molar-refractivity contribution in [3.8, 4) is 0 Å². The van der Waals surface area contributed by atoms with Crippen molar-refractivity contribution >= 4 is 5.91 Å². The molecule has 0 radical (unpaired) electrons. The molecule has 1 amide bonds. The molecule has 1 aromatic heterocycles. The maximum Gasteiger partial charge on any atom is 0.256 e. The van der Waals surface area contributed by atoms with Gasteiger partial charge in [-0.05, 0) is 33.4 Å². The Kier molecular flexibility index (Phi) is 4.51. The SMILES string of the molecule is Cc1noc(C)c1C(=O)NCC(C)(C)CN(C)C. The highest BCUT2D eigenvalue weighted by molar-refractivity contribution is 5.96.